The number of aliphatic carboxylic acids is 1. The summed E-state index contributed by atoms with van der Waals surface area (Å²) in [5.74, 6) is -1.45. The van der Waals surface area contributed by atoms with Crippen LogP contribution >= 0.6 is 0 Å². The smallest absolute Gasteiger partial charge is 0.387 e. The van der Waals surface area contributed by atoms with Gasteiger partial charge in [0.05, 0.1) is 18.1 Å². The van der Waals surface area contributed by atoms with Crippen molar-refractivity contribution in [3.63, 3.8) is 0 Å². The largest absolute Gasteiger partial charge is 0.481 e. The molecule has 0 aliphatic carbocycles. The molecule has 1 aromatic carbocycles. The van der Waals surface area contributed by atoms with Crippen LogP contribution < -0.4 is 4.74 Å². The molecule has 0 unspecified atom stereocenters. The van der Waals surface area contributed by atoms with Gasteiger partial charge in [-0.05, 0) is 18.6 Å². The third-order valence-corrected chi connectivity index (χ3v) is 2.11. The summed E-state index contributed by atoms with van der Waals surface area (Å²) in [6.07, 6.45) is -0.535. The lowest BCUT2D eigenvalue weighted by Gasteiger charge is -2.13. The Bertz CT molecular complexity index is 480. The summed E-state index contributed by atoms with van der Waals surface area (Å²) in [5.41, 5.74) is 0.356. The summed E-state index contributed by atoms with van der Waals surface area (Å²) < 4.78 is 28.7. The summed E-state index contributed by atoms with van der Waals surface area (Å²) in [4.78, 5) is 10.6. The van der Waals surface area contributed by atoms with Crippen molar-refractivity contribution in [2.75, 3.05) is 0 Å². The zero-order chi connectivity index (χ0) is 13.0. The molecule has 17 heavy (non-hydrogen) atoms. The summed E-state index contributed by atoms with van der Waals surface area (Å²) in [7, 11) is 0. The Hall–Kier alpha value is -2.16. The number of benzene rings is 1. The molecule has 0 amide bonds. The molecule has 1 rings (SSSR count). The maximum Gasteiger partial charge on any atom is 0.387 e. The number of halogens is 2. The van der Waals surface area contributed by atoms with Gasteiger partial charge in [0.25, 0.3) is 0 Å². The van der Waals surface area contributed by atoms with Crippen molar-refractivity contribution in [2.24, 2.45) is 0 Å². The quantitative estimate of drug-likeness (QED) is 0.876. The first-order chi connectivity index (χ1) is 7.95. The molecule has 0 atom stereocenters. The first kappa shape index (κ1) is 12.9. The van der Waals surface area contributed by atoms with Gasteiger partial charge < -0.3 is 9.84 Å². The first-order valence-electron chi connectivity index (χ1n) is 4.65. The standard InChI is InChI=1S/C11H9F2NO3/c1-6-2-3-7(5-14)8(4-9(15)16)10(6)17-11(12)13/h2-3,11H,4H2,1H3,(H,15,16). The average Bonchev–Trinajstić information content (AvgIpc) is 2.22. The van der Waals surface area contributed by atoms with Gasteiger partial charge in [-0.2, -0.15) is 14.0 Å². The molecule has 0 spiro atoms. The summed E-state index contributed by atoms with van der Waals surface area (Å²) in [6, 6.07) is 4.57. The van der Waals surface area contributed by atoms with Gasteiger partial charge >= 0.3 is 12.6 Å². The Labute approximate surface area is 96.0 Å². The number of aryl methyl sites for hydroxylation is 1. The highest BCUT2D eigenvalue weighted by molar-refractivity contribution is 5.73. The van der Waals surface area contributed by atoms with Crippen LogP contribution in [0.25, 0.3) is 0 Å². The molecule has 0 aliphatic rings. The lowest BCUT2D eigenvalue weighted by molar-refractivity contribution is -0.136. The highest BCUT2D eigenvalue weighted by Gasteiger charge is 2.18. The third-order valence-electron chi connectivity index (χ3n) is 2.11. The van der Waals surface area contributed by atoms with E-state index in [-0.39, 0.29) is 16.9 Å². The molecule has 0 aromatic heterocycles. The number of ether oxygens (including phenoxy) is 1. The molecule has 1 aromatic rings. The predicted octanol–water partition coefficient (Wildman–Crippen LogP) is 2.10. The van der Waals surface area contributed by atoms with Gasteiger partial charge in [-0.1, -0.05) is 6.07 Å². The Morgan fingerprint density at radius 2 is 2.24 bits per heavy atom. The van der Waals surface area contributed by atoms with Gasteiger partial charge in [-0.15, -0.1) is 0 Å². The number of carboxylic acids is 1. The van der Waals surface area contributed by atoms with E-state index >= 15 is 0 Å². The zero-order valence-electron chi connectivity index (χ0n) is 8.91. The molecule has 0 saturated carbocycles. The van der Waals surface area contributed by atoms with E-state index in [1.807, 2.05) is 0 Å². The SMILES string of the molecule is Cc1ccc(C#N)c(CC(=O)O)c1OC(F)F. The first-order valence-corrected chi connectivity index (χ1v) is 4.65. The van der Waals surface area contributed by atoms with Crippen LogP contribution in [0.4, 0.5) is 8.78 Å². The minimum Gasteiger partial charge on any atom is -0.481 e. The van der Waals surface area contributed by atoms with Gasteiger partial charge in [0.2, 0.25) is 0 Å². The van der Waals surface area contributed by atoms with E-state index in [1.54, 1.807) is 6.07 Å². The molecule has 0 heterocycles. The van der Waals surface area contributed by atoms with Gasteiger partial charge in [0.15, 0.2) is 0 Å². The molecule has 0 saturated heterocycles. The molecule has 1 N–H and O–H groups in total. The molecule has 0 radical (unpaired) electrons. The molecule has 0 fully saturated rings. The van der Waals surface area contributed by atoms with Gasteiger partial charge in [-0.3, -0.25) is 4.79 Å². The second kappa shape index (κ2) is 5.25. The van der Waals surface area contributed by atoms with E-state index in [9.17, 15) is 13.6 Å². The fourth-order valence-electron chi connectivity index (χ4n) is 1.43. The van der Waals surface area contributed by atoms with Crippen molar-refractivity contribution in [3.8, 4) is 11.8 Å². The molecular weight excluding hydrogens is 232 g/mol. The summed E-state index contributed by atoms with van der Waals surface area (Å²) in [6.45, 7) is -1.56. The molecular formula is C11H9F2NO3. The van der Waals surface area contributed by atoms with E-state index in [1.165, 1.54) is 19.1 Å². The van der Waals surface area contributed by atoms with Crippen LogP contribution in [0, 0.1) is 18.3 Å². The van der Waals surface area contributed by atoms with Crippen molar-refractivity contribution in [1.82, 2.24) is 0 Å². The fourth-order valence-corrected chi connectivity index (χ4v) is 1.43. The van der Waals surface area contributed by atoms with Crippen LogP contribution in [-0.2, 0) is 11.2 Å². The maximum atomic E-state index is 12.2. The van der Waals surface area contributed by atoms with Gasteiger partial charge in [0.1, 0.15) is 5.75 Å². The van der Waals surface area contributed by atoms with Crippen molar-refractivity contribution in [1.29, 1.82) is 5.26 Å². The van der Waals surface area contributed by atoms with Crippen molar-refractivity contribution >= 4 is 5.97 Å². The van der Waals surface area contributed by atoms with Crippen LogP contribution in [0.1, 0.15) is 16.7 Å². The van der Waals surface area contributed by atoms with Crippen LogP contribution in [-0.4, -0.2) is 17.7 Å². The summed E-state index contributed by atoms with van der Waals surface area (Å²) >= 11 is 0. The van der Waals surface area contributed by atoms with Crippen molar-refractivity contribution in [2.45, 2.75) is 20.0 Å². The lowest BCUT2D eigenvalue weighted by Crippen LogP contribution is -2.10. The number of hydrogen-bond acceptors (Lipinski definition) is 3. The molecule has 90 valence electrons. The number of hydrogen-bond donors (Lipinski definition) is 1. The minimum absolute atomic E-state index is 0.0219. The molecule has 4 nitrogen and oxygen atoms in total. The zero-order valence-corrected chi connectivity index (χ0v) is 8.91. The molecule has 0 aliphatic heterocycles. The fraction of sp³-hybridized carbons (Fsp3) is 0.273. The van der Waals surface area contributed by atoms with E-state index in [0.29, 0.717) is 5.56 Å². The Morgan fingerprint density at radius 3 is 2.71 bits per heavy atom. The summed E-state index contributed by atoms with van der Waals surface area (Å²) in [5, 5.41) is 17.5. The van der Waals surface area contributed by atoms with E-state index in [2.05, 4.69) is 4.74 Å². The number of nitriles is 1. The third kappa shape index (κ3) is 3.14. The second-order valence-corrected chi connectivity index (χ2v) is 3.30. The van der Waals surface area contributed by atoms with E-state index in [0.717, 1.165) is 0 Å². The highest BCUT2D eigenvalue weighted by atomic mass is 19.3. The van der Waals surface area contributed by atoms with Crippen LogP contribution in [0.3, 0.4) is 0 Å². The van der Waals surface area contributed by atoms with Crippen LogP contribution in [0.15, 0.2) is 12.1 Å². The number of carboxylic acid groups (broad SMARTS) is 1. The Kier molecular flexibility index (Phi) is 3.99. The number of carbonyl (C=O) groups is 1. The van der Waals surface area contributed by atoms with Crippen molar-refractivity contribution < 1.29 is 23.4 Å². The van der Waals surface area contributed by atoms with Crippen LogP contribution in [0.2, 0.25) is 0 Å². The average molecular weight is 241 g/mol. The number of rotatable bonds is 4. The second-order valence-electron chi connectivity index (χ2n) is 3.30. The van der Waals surface area contributed by atoms with E-state index in [4.69, 9.17) is 10.4 Å². The lowest BCUT2D eigenvalue weighted by atomic mass is 10.0. The maximum absolute atomic E-state index is 12.2. The normalized spacial score (nSPS) is 10.1. The predicted molar refractivity (Wildman–Crippen MR) is 53.9 cm³/mol. The van der Waals surface area contributed by atoms with E-state index < -0.39 is 19.0 Å². The van der Waals surface area contributed by atoms with Crippen molar-refractivity contribution in [3.05, 3.63) is 28.8 Å². The molecule has 6 heteroatoms. The Balaban J connectivity index is 3.32. The number of nitrogens with zero attached hydrogens (tertiary/aromatic N) is 1. The minimum atomic E-state index is -3.06. The monoisotopic (exact) mass is 241 g/mol. The van der Waals surface area contributed by atoms with Gasteiger partial charge in [-0.25, -0.2) is 0 Å². The van der Waals surface area contributed by atoms with Gasteiger partial charge in [0, 0.05) is 5.56 Å². The molecule has 0 bridgehead atoms. The Morgan fingerprint density at radius 1 is 1.59 bits per heavy atom. The topological polar surface area (TPSA) is 70.3 Å². The van der Waals surface area contributed by atoms with Crippen LogP contribution in [0.5, 0.6) is 5.75 Å². The highest BCUT2D eigenvalue weighted by Crippen LogP contribution is 2.28. The number of alkyl halides is 2.